The van der Waals surface area contributed by atoms with Crippen LogP contribution < -0.4 is 19.5 Å². The zero-order valence-electron chi connectivity index (χ0n) is 31.3. The molecule has 0 radical (unpaired) electrons. The van der Waals surface area contributed by atoms with Crippen LogP contribution in [0, 0.1) is 11.3 Å². The zero-order valence-corrected chi connectivity index (χ0v) is 32.8. The maximum Gasteiger partial charge on any atom is 0.411 e. The lowest BCUT2D eigenvalue weighted by Gasteiger charge is -2.37. The predicted octanol–water partition coefficient (Wildman–Crippen LogP) is 9.64. The van der Waals surface area contributed by atoms with Crippen molar-refractivity contribution < 1.29 is 28.5 Å². The first-order valence-corrected chi connectivity index (χ1v) is 19.3. The first-order valence-electron chi connectivity index (χ1n) is 18.5. The molecule has 0 aliphatic carbocycles. The van der Waals surface area contributed by atoms with Gasteiger partial charge in [0.15, 0.2) is 17.6 Å². The summed E-state index contributed by atoms with van der Waals surface area (Å²) in [5, 5.41) is 13.2. The molecular formula is C45H41Cl2N3O6. The van der Waals surface area contributed by atoms with E-state index >= 15 is 0 Å². The molecule has 1 N–H and O–H groups in total. The molecule has 11 heteroatoms. The number of nitrogens with one attached hydrogen (secondary N) is 1. The molecule has 0 saturated carbocycles. The van der Waals surface area contributed by atoms with E-state index in [1.807, 2.05) is 85.8 Å². The number of nitrogens with zero attached hydrogens (tertiary/aromatic N) is 2. The number of rotatable bonds is 10. The minimum atomic E-state index is -0.775. The van der Waals surface area contributed by atoms with Crippen LogP contribution in [0.25, 0.3) is 11.1 Å². The lowest BCUT2D eigenvalue weighted by Crippen LogP contribution is -2.54. The number of carbonyl (C=O) groups excluding carboxylic acids is 2. The monoisotopic (exact) mass is 789 g/mol. The standard InChI is InChI=1S/C45H41Cl2N3O6/c1-27(2)55-45(52)50-24-36-22-42-41(54-26-43(56-42)34-13-15-37(16-14-34)53-25-31-8-17-38(46)39(47)19-31)21-35(36)20-40(50)44(51)49-28(3)18-29-4-9-32(10-5-29)33-11-6-30(23-48)7-12-33/h4-17,19,21-22,27-28,40,43H,18,20,24-26H2,1-3H3,(H,49,51). The Hall–Kier alpha value is -5.69. The molecule has 2 amide bonds. The van der Waals surface area contributed by atoms with E-state index in [0.29, 0.717) is 58.9 Å². The maximum atomic E-state index is 13.9. The van der Waals surface area contributed by atoms with Gasteiger partial charge in [0, 0.05) is 12.5 Å². The Morgan fingerprint density at radius 2 is 1.54 bits per heavy atom. The molecule has 9 nitrogen and oxygen atoms in total. The van der Waals surface area contributed by atoms with Crippen molar-refractivity contribution in [1.82, 2.24) is 10.2 Å². The van der Waals surface area contributed by atoms with Crippen LogP contribution in [0.4, 0.5) is 4.79 Å². The quantitative estimate of drug-likeness (QED) is 0.150. The van der Waals surface area contributed by atoms with Gasteiger partial charge in [-0.3, -0.25) is 9.69 Å². The van der Waals surface area contributed by atoms with Gasteiger partial charge >= 0.3 is 6.09 Å². The summed E-state index contributed by atoms with van der Waals surface area (Å²) in [5.41, 5.74) is 7.34. The number of amides is 2. The number of carbonyl (C=O) groups is 2. The summed E-state index contributed by atoms with van der Waals surface area (Å²) >= 11 is 12.2. The fourth-order valence-corrected chi connectivity index (χ4v) is 7.22. The van der Waals surface area contributed by atoms with Gasteiger partial charge in [0.2, 0.25) is 5.91 Å². The van der Waals surface area contributed by atoms with Crippen LogP contribution in [0.5, 0.6) is 17.2 Å². The van der Waals surface area contributed by atoms with Gasteiger partial charge in [-0.2, -0.15) is 5.26 Å². The molecule has 5 aromatic carbocycles. The number of ether oxygens (including phenoxy) is 4. The van der Waals surface area contributed by atoms with Gasteiger partial charge in [-0.05, 0) is 115 Å². The second-order valence-corrected chi connectivity index (χ2v) is 15.2. The summed E-state index contributed by atoms with van der Waals surface area (Å²) < 4.78 is 24.2. The first kappa shape index (κ1) is 38.6. The minimum Gasteiger partial charge on any atom is -0.489 e. The zero-order chi connectivity index (χ0) is 39.3. The highest BCUT2D eigenvalue weighted by atomic mass is 35.5. The van der Waals surface area contributed by atoms with Gasteiger partial charge < -0.3 is 24.3 Å². The Morgan fingerprint density at radius 1 is 0.857 bits per heavy atom. The molecule has 56 heavy (non-hydrogen) atoms. The van der Waals surface area contributed by atoms with Gasteiger partial charge in [0.25, 0.3) is 0 Å². The minimum absolute atomic E-state index is 0.177. The molecule has 0 bridgehead atoms. The summed E-state index contributed by atoms with van der Waals surface area (Å²) in [5.74, 6) is 1.61. The van der Waals surface area contributed by atoms with Crippen molar-refractivity contribution in [2.75, 3.05) is 6.61 Å². The molecule has 7 rings (SSSR count). The Kier molecular flexibility index (Phi) is 11.7. The van der Waals surface area contributed by atoms with Crippen molar-refractivity contribution in [1.29, 1.82) is 5.26 Å². The van der Waals surface area contributed by atoms with E-state index in [4.69, 9.17) is 47.4 Å². The first-order chi connectivity index (χ1) is 27.0. The number of nitriles is 1. The van der Waals surface area contributed by atoms with E-state index in [1.165, 1.54) is 4.90 Å². The summed E-state index contributed by atoms with van der Waals surface area (Å²) in [6, 6.07) is 33.7. The van der Waals surface area contributed by atoms with Crippen LogP contribution in [0.3, 0.4) is 0 Å². The number of fused-ring (bicyclic) bond motifs is 2. The fourth-order valence-electron chi connectivity index (χ4n) is 6.90. The van der Waals surface area contributed by atoms with Crippen molar-refractivity contribution in [3.8, 4) is 34.4 Å². The normalized spacial score (nSPS) is 16.3. The molecule has 3 atom stereocenters. The van der Waals surface area contributed by atoms with E-state index < -0.39 is 12.1 Å². The summed E-state index contributed by atoms with van der Waals surface area (Å²) in [6.07, 6.45) is -0.363. The summed E-state index contributed by atoms with van der Waals surface area (Å²) in [4.78, 5) is 28.8. The molecule has 2 aliphatic rings. The third-order valence-corrected chi connectivity index (χ3v) is 10.5. The lowest BCUT2D eigenvalue weighted by atomic mass is 9.92. The molecule has 2 aliphatic heterocycles. The molecule has 3 unspecified atom stereocenters. The molecule has 5 aromatic rings. The van der Waals surface area contributed by atoms with Crippen LogP contribution >= 0.6 is 23.2 Å². The van der Waals surface area contributed by atoms with Crippen molar-refractivity contribution in [2.24, 2.45) is 0 Å². The third-order valence-electron chi connectivity index (χ3n) is 9.80. The van der Waals surface area contributed by atoms with Crippen molar-refractivity contribution >= 4 is 35.2 Å². The van der Waals surface area contributed by atoms with Crippen molar-refractivity contribution in [3.05, 3.63) is 147 Å². The highest BCUT2D eigenvalue weighted by Crippen LogP contribution is 2.41. The molecular weight excluding hydrogens is 749 g/mol. The third kappa shape index (κ3) is 9.05. The average molecular weight is 791 g/mol. The number of halogens is 2. The Labute approximate surface area is 336 Å². The highest BCUT2D eigenvalue weighted by molar-refractivity contribution is 6.42. The van der Waals surface area contributed by atoms with Gasteiger partial charge in [-0.1, -0.05) is 77.8 Å². The van der Waals surface area contributed by atoms with E-state index in [2.05, 4.69) is 11.4 Å². The maximum absolute atomic E-state index is 13.9. The SMILES string of the molecule is CC(Cc1ccc(-c2ccc(C#N)cc2)cc1)NC(=O)C1Cc2cc3c(cc2CN1C(=O)OC(C)C)OC(c1ccc(OCc2ccc(Cl)c(Cl)c2)cc1)CO3. The number of hydrogen-bond donors (Lipinski definition) is 1. The topological polar surface area (TPSA) is 110 Å². The predicted molar refractivity (Wildman–Crippen MR) is 215 cm³/mol. The number of hydrogen-bond acceptors (Lipinski definition) is 7. The van der Waals surface area contributed by atoms with Crippen molar-refractivity contribution in [2.45, 2.75) is 71.1 Å². The van der Waals surface area contributed by atoms with Crippen LogP contribution in [0.2, 0.25) is 10.0 Å². The summed E-state index contributed by atoms with van der Waals surface area (Å²) in [6.45, 7) is 6.36. The Bertz CT molecular complexity index is 2250. The second kappa shape index (κ2) is 17.0. The van der Waals surface area contributed by atoms with E-state index in [0.717, 1.165) is 38.9 Å². The van der Waals surface area contributed by atoms with Crippen LogP contribution in [0.15, 0.2) is 103 Å². The molecule has 0 fully saturated rings. The van der Waals surface area contributed by atoms with Gasteiger partial charge in [0.05, 0.1) is 34.3 Å². The molecule has 2 heterocycles. The van der Waals surface area contributed by atoms with E-state index in [1.54, 1.807) is 38.1 Å². The average Bonchev–Trinajstić information content (AvgIpc) is 3.20. The van der Waals surface area contributed by atoms with Crippen LogP contribution in [-0.2, 0) is 35.5 Å². The molecule has 0 aromatic heterocycles. The summed E-state index contributed by atoms with van der Waals surface area (Å²) in [7, 11) is 0. The lowest BCUT2D eigenvalue weighted by molar-refractivity contribution is -0.127. The van der Waals surface area contributed by atoms with Crippen molar-refractivity contribution in [3.63, 3.8) is 0 Å². The number of benzene rings is 5. The second-order valence-electron chi connectivity index (χ2n) is 14.4. The Balaban J connectivity index is 1.00. The van der Waals surface area contributed by atoms with Gasteiger partial charge in [0.1, 0.15) is 25.0 Å². The van der Waals surface area contributed by atoms with Gasteiger partial charge in [-0.25, -0.2) is 4.79 Å². The van der Waals surface area contributed by atoms with E-state index in [9.17, 15) is 9.59 Å². The fraction of sp³-hybridized carbons (Fsp3) is 0.267. The Morgan fingerprint density at radius 3 is 2.21 bits per heavy atom. The largest absolute Gasteiger partial charge is 0.489 e. The molecule has 286 valence electrons. The van der Waals surface area contributed by atoms with Crippen LogP contribution in [0.1, 0.15) is 60.3 Å². The van der Waals surface area contributed by atoms with E-state index in [-0.39, 0.29) is 30.7 Å². The molecule has 0 saturated heterocycles. The van der Waals surface area contributed by atoms with Gasteiger partial charge in [-0.15, -0.1) is 0 Å². The van der Waals surface area contributed by atoms with Crippen LogP contribution in [-0.4, -0.2) is 41.7 Å². The molecule has 0 spiro atoms. The highest BCUT2D eigenvalue weighted by Gasteiger charge is 2.38. The smallest absolute Gasteiger partial charge is 0.411 e.